The van der Waals surface area contributed by atoms with Crippen LogP contribution in [0.1, 0.15) is 19.4 Å². The fourth-order valence-corrected chi connectivity index (χ4v) is 3.94. The summed E-state index contributed by atoms with van der Waals surface area (Å²) < 4.78 is 8.34. The number of aromatic nitrogens is 2. The smallest absolute Gasteiger partial charge is 0.337 e. The van der Waals surface area contributed by atoms with Crippen molar-refractivity contribution in [2.24, 2.45) is 0 Å². The van der Waals surface area contributed by atoms with Crippen LogP contribution in [0.5, 0.6) is 0 Å². The number of benzene rings is 2. The van der Waals surface area contributed by atoms with Gasteiger partial charge in [-0.05, 0) is 31.5 Å². The summed E-state index contributed by atoms with van der Waals surface area (Å²) in [4.78, 5) is 28.7. The minimum absolute atomic E-state index is 0.314. The molecule has 0 spiro atoms. The van der Waals surface area contributed by atoms with Gasteiger partial charge in [0.05, 0.1) is 29.8 Å². The Labute approximate surface area is 175 Å². The third kappa shape index (κ3) is 4.04. The minimum atomic E-state index is -0.616. The van der Waals surface area contributed by atoms with Gasteiger partial charge in [0.15, 0.2) is 0 Å². The van der Waals surface area contributed by atoms with Gasteiger partial charge in [-0.1, -0.05) is 42.5 Å². The van der Waals surface area contributed by atoms with Gasteiger partial charge >= 0.3 is 11.7 Å². The lowest BCUT2D eigenvalue weighted by Gasteiger charge is -2.27. The molecular formula is C23H28N4O3. The summed E-state index contributed by atoms with van der Waals surface area (Å²) in [5.74, 6) is 0. The summed E-state index contributed by atoms with van der Waals surface area (Å²) in [6.07, 6.45) is 0. The number of amides is 1. The monoisotopic (exact) mass is 408 g/mol. The molecule has 7 nitrogen and oxygen atoms in total. The summed E-state index contributed by atoms with van der Waals surface area (Å²) in [6.45, 7) is 8.29. The Hall–Kier alpha value is -2.90. The molecule has 1 saturated heterocycles. The van der Waals surface area contributed by atoms with E-state index in [2.05, 4.69) is 10.2 Å². The highest BCUT2D eigenvalue weighted by Gasteiger charge is 2.26. The van der Waals surface area contributed by atoms with Gasteiger partial charge in [0.25, 0.3) is 0 Å². The molecule has 158 valence electrons. The fraction of sp³-hybridized carbons (Fsp3) is 0.391. The molecule has 0 aliphatic carbocycles. The molecule has 0 saturated carbocycles. The maximum absolute atomic E-state index is 13.2. The first-order valence-corrected chi connectivity index (χ1v) is 10.4. The average Bonchev–Trinajstić information content (AvgIpc) is 3.04. The van der Waals surface area contributed by atoms with Crippen molar-refractivity contribution < 1.29 is 9.53 Å². The molecular weight excluding hydrogens is 380 g/mol. The summed E-state index contributed by atoms with van der Waals surface area (Å²) in [6, 6.07) is 16.8. The van der Waals surface area contributed by atoms with Crippen LogP contribution >= 0.6 is 0 Å². The third-order valence-electron chi connectivity index (χ3n) is 5.70. The van der Waals surface area contributed by atoms with E-state index in [0.717, 1.165) is 30.7 Å². The van der Waals surface area contributed by atoms with Gasteiger partial charge in [-0.3, -0.25) is 9.47 Å². The number of hydrogen-bond acceptors (Lipinski definition) is 4. The molecule has 2 aromatic carbocycles. The number of para-hydroxylation sites is 2. The molecule has 0 radical (unpaired) electrons. The van der Waals surface area contributed by atoms with E-state index in [0.29, 0.717) is 25.3 Å². The van der Waals surface area contributed by atoms with Crippen molar-refractivity contribution in [3.8, 4) is 0 Å². The number of ether oxygens (including phenoxy) is 1. The summed E-state index contributed by atoms with van der Waals surface area (Å²) >= 11 is 0. The number of carbonyl (C=O) groups is 1. The standard InChI is InChI=1S/C23H28N4O3/c1-23(2,18-8-4-3-5-9-18)24-21(28)27-20-11-7-6-10-19(20)26(22(27)29)13-12-25-14-16-30-17-15-25/h3-11H,12-17H2,1-2H3,(H,24,28). The van der Waals surface area contributed by atoms with E-state index in [1.165, 1.54) is 4.57 Å². The molecule has 30 heavy (non-hydrogen) atoms. The zero-order valence-electron chi connectivity index (χ0n) is 17.5. The van der Waals surface area contributed by atoms with E-state index >= 15 is 0 Å². The quantitative estimate of drug-likeness (QED) is 0.705. The zero-order chi connectivity index (χ0) is 21.1. The van der Waals surface area contributed by atoms with Crippen molar-refractivity contribution in [2.45, 2.75) is 25.9 Å². The predicted molar refractivity (Wildman–Crippen MR) is 117 cm³/mol. The molecule has 0 unspecified atom stereocenters. The molecule has 1 aliphatic heterocycles. The summed E-state index contributed by atoms with van der Waals surface area (Å²) in [7, 11) is 0. The van der Waals surface area contributed by atoms with Crippen LogP contribution in [0.4, 0.5) is 4.79 Å². The Kier molecular flexibility index (Phi) is 5.74. The second kappa shape index (κ2) is 8.45. The van der Waals surface area contributed by atoms with Crippen LogP contribution in [-0.2, 0) is 16.8 Å². The number of nitrogens with one attached hydrogen (secondary N) is 1. The number of imidazole rings is 1. The second-order valence-electron chi connectivity index (χ2n) is 8.13. The van der Waals surface area contributed by atoms with Crippen molar-refractivity contribution in [2.75, 3.05) is 32.8 Å². The van der Waals surface area contributed by atoms with Gasteiger partial charge in [0, 0.05) is 26.2 Å². The largest absolute Gasteiger partial charge is 0.379 e. The molecule has 0 bridgehead atoms. The lowest BCUT2D eigenvalue weighted by Crippen LogP contribution is -2.46. The van der Waals surface area contributed by atoms with E-state index in [9.17, 15) is 9.59 Å². The van der Waals surface area contributed by atoms with Crippen LogP contribution in [0.25, 0.3) is 11.0 Å². The molecule has 1 fully saturated rings. The first kappa shape index (κ1) is 20.4. The van der Waals surface area contributed by atoms with Crippen LogP contribution in [0, 0.1) is 0 Å². The second-order valence-corrected chi connectivity index (χ2v) is 8.13. The maximum Gasteiger partial charge on any atom is 0.337 e. The Bertz CT molecular complexity index is 1080. The SMILES string of the molecule is CC(C)(NC(=O)n1c(=O)n(CCN2CCOCC2)c2ccccc21)c1ccccc1. The topological polar surface area (TPSA) is 68.5 Å². The van der Waals surface area contributed by atoms with Crippen LogP contribution < -0.4 is 11.0 Å². The Morgan fingerprint density at radius 1 is 0.967 bits per heavy atom. The normalized spacial score (nSPS) is 15.4. The first-order chi connectivity index (χ1) is 14.5. The molecule has 1 aromatic heterocycles. The van der Waals surface area contributed by atoms with Crippen molar-refractivity contribution in [3.05, 3.63) is 70.6 Å². The molecule has 1 aliphatic rings. The Balaban J connectivity index is 1.63. The van der Waals surface area contributed by atoms with Gasteiger partial charge in [-0.2, -0.15) is 0 Å². The van der Waals surface area contributed by atoms with Gasteiger partial charge < -0.3 is 10.1 Å². The summed E-state index contributed by atoms with van der Waals surface area (Å²) in [5, 5.41) is 3.02. The van der Waals surface area contributed by atoms with Gasteiger partial charge in [-0.15, -0.1) is 0 Å². The number of rotatable bonds is 5. The molecule has 2 heterocycles. The lowest BCUT2D eigenvalue weighted by atomic mass is 9.95. The number of nitrogens with zero attached hydrogens (tertiary/aromatic N) is 3. The highest BCUT2D eigenvalue weighted by molar-refractivity contribution is 5.89. The van der Waals surface area contributed by atoms with Gasteiger partial charge in [0.1, 0.15) is 0 Å². The van der Waals surface area contributed by atoms with Crippen molar-refractivity contribution in [1.29, 1.82) is 0 Å². The average molecular weight is 409 g/mol. The molecule has 7 heteroatoms. The van der Waals surface area contributed by atoms with E-state index in [1.54, 1.807) is 4.57 Å². The number of fused-ring (bicyclic) bond motifs is 1. The number of morpholine rings is 1. The van der Waals surface area contributed by atoms with Crippen molar-refractivity contribution >= 4 is 17.1 Å². The zero-order valence-corrected chi connectivity index (χ0v) is 17.5. The van der Waals surface area contributed by atoms with Crippen LogP contribution in [0.15, 0.2) is 59.4 Å². The Morgan fingerprint density at radius 2 is 1.60 bits per heavy atom. The van der Waals surface area contributed by atoms with Crippen LogP contribution in [-0.4, -0.2) is 52.9 Å². The third-order valence-corrected chi connectivity index (χ3v) is 5.70. The van der Waals surface area contributed by atoms with E-state index in [1.807, 2.05) is 68.4 Å². The Morgan fingerprint density at radius 3 is 2.30 bits per heavy atom. The van der Waals surface area contributed by atoms with E-state index < -0.39 is 11.6 Å². The lowest BCUT2D eigenvalue weighted by molar-refractivity contribution is 0.0364. The van der Waals surface area contributed by atoms with Crippen LogP contribution in [0.2, 0.25) is 0 Å². The molecule has 1 N–H and O–H groups in total. The maximum atomic E-state index is 13.2. The molecule has 1 amide bonds. The predicted octanol–water partition coefficient (Wildman–Crippen LogP) is 2.63. The van der Waals surface area contributed by atoms with Gasteiger partial charge in [0.2, 0.25) is 0 Å². The molecule has 3 aromatic rings. The fourth-order valence-electron chi connectivity index (χ4n) is 3.94. The minimum Gasteiger partial charge on any atom is -0.379 e. The number of hydrogen-bond donors (Lipinski definition) is 1. The highest BCUT2D eigenvalue weighted by atomic mass is 16.5. The summed E-state index contributed by atoms with van der Waals surface area (Å²) in [5.41, 5.74) is 1.43. The van der Waals surface area contributed by atoms with Gasteiger partial charge in [-0.25, -0.2) is 14.2 Å². The van der Waals surface area contributed by atoms with Crippen molar-refractivity contribution in [1.82, 2.24) is 19.4 Å². The first-order valence-electron chi connectivity index (χ1n) is 10.4. The van der Waals surface area contributed by atoms with E-state index in [-0.39, 0.29) is 5.69 Å². The molecule has 0 atom stereocenters. The molecule has 4 rings (SSSR count). The highest BCUT2D eigenvalue weighted by Crippen LogP contribution is 2.20. The van der Waals surface area contributed by atoms with Crippen molar-refractivity contribution in [3.63, 3.8) is 0 Å². The van der Waals surface area contributed by atoms with E-state index in [4.69, 9.17) is 4.74 Å². The van der Waals surface area contributed by atoms with Crippen LogP contribution in [0.3, 0.4) is 0 Å². The number of carbonyl (C=O) groups excluding carboxylic acids is 1.